The van der Waals surface area contributed by atoms with Crippen molar-refractivity contribution >= 4 is 17.8 Å². The number of nitrogens with zero attached hydrogens (tertiary/aromatic N) is 3. The van der Waals surface area contributed by atoms with Crippen molar-refractivity contribution in [2.75, 3.05) is 45.9 Å². The number of carbonyl (C=O) groups is 2. The Morgan fingerprint density at radius 2 is 1.62 bits per heavy atom. The number of hydrogen-bond donors (Lipinski definition) is 1. The molecule has 0 radical (unpaired) electrons. The Labute approximate surface area is 186 Å². The summed E-state index contributed by atoms with van der Waals surface area (Å²) < 4.78 is 21.1. The summed E-state index contributed by atoms with van der Waals surface area (Å²) in [5, 5.41) is 2.73. The molecule has 3 rings (SSSR count). The molecular weight excluding hydrogens is 416 g/mol. The zero-order chi connectivity index (χ0) is 22.9. The van der Waals surface area contributed by atoms with Gasteiger partial charge in [0.2, 0.25) is 5.95 Å². The van der Waals surface area contributed by atoms with Gasteiger partial charge in [-0.3, -0.25) is 9.59 Å². The van der Waals surface area contributed by atoms with Crippen LogP contribution in [0, 0.1) is 5.92 Å². The van der Waals surface area contributed by atoms with Crippen LogP contribution in [0.3, 0.4) is 0 Å². The minimum absolute atomic E-state index is 0.190. The maximum Gasteiger partial charge on any atom is 0.309 e. The third-order valence-electron chi connectivity index (χ3n) is 5.27. The Hall–Kier alpha value is -3.56. The Morgan fingerprint density at radius 1 is 1.00 bits per heavy atom. The number of nitrogens with one attached hydrogen (secondary N) is 1. The summed E-state index contributed by atoms with van der Waals surface area (Å²) in [7, 11) is 4.60. The molecule has 1 aromatic heterocycles. The van der Waals surface area contributed by atoms with Crippen molar-refractivity contribution in [3.63, 3.8) is 0 Å². The average Bonchev–Trinajstić information content (AvgIpc) is 2.85. The van der Waals surface area contributed by atoms with E-state index in [0.29, 0.717) is 54.7 Å². The molecule has 172 valence electrons. The van der Waals surface area contributed by atoms with E-state index >= 15 is 0 Å². The van der Waals surface area contributed by atoms with Gasteiger partial charge < -0.3 is 29.2 Å². The molecule has 1 fully saturated rings. The molecule has 0 atom stereocenters. The topological polar surface area (TPSA) is 112 Å². The molecule has 0 saturated carbocycles. The fourth-order valence-electron chi connectivity index (χ4n) is 3.50. The number of anilines is 1. The van der Waals surface area contributed by atoms with Gasteiger partial charge in [0.1, 0.15) is 5.75 Å². The Morgan fingerprint density at radius 3 is 2.25 bits per heavy atom. The first kappa shape index (κ1) is 23.1. The first-order valence-electron chi connectivity index (χ1n) is 10.3. The number of benzene rings is 1. The number of amides is 1. The van der Waals surface area contributed by atoms with Crippen molar-refractivity contribution in [1.82, 2.24) is 15.3 Å². The molecule has 0 unspecified atom stereocenters. The predicted octanol–water partition coefficient (Wildman–Crippen LogP) is 1.58. The van der Waals surface area contributed by atoms with E-state index in [0.717, 1.165) is 0 Å². The molecular formula is C22H28N4O6. The second-order valence-electron chi connectivity index (χ2n) is 7.21. The van der Waals surface area contributed by atoms with E-state index in [-0.39, 0.29) is 25.0 Å². The maximum absolute atomic E-state index is 12.4. The normalized spacial score (nSPS) is 13.9. The zero-order valence-electron chi connectivity index (χ0n) is 18.5. The van der Waals surface area contributed by atoms with Crippen LogP contribution in [0.25, 0.3) is 0 Å². The molecule has 10 nitrogen and oxygen atoms in total. The van der Waals surface area contributed by atoms with Crippen molar-refractivity contribution in [3.8, 4) is 17.2 Å². The minimum Gasteiger partial charge on any atom is -0.496 e. The standard InChI is InChI=1S/C22H28N4O6/c1-29-17-12-19(31-3)18(30-2)11-16(17)13-25-20(27)14-32-21(28)15-5-9-26(10-6-15)22-23-7-4-8-24-22/h4,7-8,11-12,15H,5-6,9-10,13-14H2,1-3H3,(H,25,27). The van der Waals surface area contributed by atoms with E-state index in [1.807, 2.05) is 4.90 Å². The Kier molecular flexibility index (Phi) is 8.07. The van der Waals surface area contributed by atoms with Gasteiger partial charge in [-0.15, -0.1) is 0 Å². The second-order valence-corrected chi connectivity index (χ2v) is 7.21. The van der Waals surface area contributed by atoms with Crippen LogP contribution in [0.1, 0.15) is 18.4 Å². The molecule has 1 aliphatic heterocycles. The molecule has 0 bridgehead atoms. The number of ether oxygens (including phenoxy) is 4. The van der Waals surface area contributed by atoms with Crippen LogP contribution >= 0.6 is 0 Å². The first-order chi connectivity index (χ1) is 15.5. The third-order valence-corrected chi connectivity index (χ3v) is 5.27. The number of hydrogen-bond acceptors (Lipinski definition) is 9. The number of esters is 1. The first-order valence-corrected chi connectivity index (χ1v) is 10.3. The van der Waals surface area contributed by atoms with Crippen LogP contribution in [0.5, 0.6) is 17.2 Å². The van der Waals surface area contributed by atoms with E-state index < -0.39 is 5.91 Å². The van der Waals surface area contributed by atoms with Crippen molar-refractivity contribution in [2.24, 2.45) is 5.92 Å². The molecule has 1 N–H and O–H groups in total. The van der Waals surface area contributed by atoms with Crippen molar-refractivity contribution in [3.05, 3.63) is 36.2 Å². The third kappa shape index (κ3) is 5.77. The lowest BCUT2D eigenvalue weighted by atomic mass is 9.97. The SMILES string of the molecule is COc1cc(OC)c(OC)cc1CNC(=O)COC(=O)C1CCN(c2ncccn2)CC1. The largest absolute Gasteiger partial charge is 0.496 e. The number of carbonyl (C=O) groups excluding carboxylic acids is 2. The highest BCUT2D eigenvalue weighted by Crippen LogP contribution is 2.34. The molecule has 0 aliphatic carbocycles. The van der Waals surface area contributed by atoms with Gasteiger partial charge in [0.15, 0.2) is 18.1 Å². The molecule has 1 aliphatic rings. The van der Waals surface area contributed by atoms with Gasteiger partial charge in [-0.2, -0.15) is 0 Å². The lowest BCUT2D eigenvalue weighted by Crippen LogP contribution is -2.38. The Balaban J connectivity index is 1.45. The summed E-state index contributed by atoms with van der Waals surface area (Å²) in [4.78, 5) is 35.1. The quantitative estimate of drug-likeness (QED) is 0.576. The van der Waals surface area contributed by atoms with Crippen LogP contribution in [-0.4, -0.2) is 62.9 Å². The fourth-order valence-corrected chi connectivity index (χ4v) is 3.50. The van der Waals surface area contributed by atoms with Gasteiger partial charge in [0.05, 0.1) is 27.2 Å². The number of rotatable bonds is 9. The molecule has 2 aromatic rings. The van der Waals surface area contributed by atoms with Gasteiger partial charge in [-0.05, 0) is 25.0 Å². The maximum atomic E-state index is 12.4. The molecule has 1 saturated heterocycles. The van der Waals surface area contributed by atoms with Crippen molar-refractivity contribution in [2.45, 2.75) is 19.4 Å². The summed E-state index contributed by atoms with van der Waals surface area (Å²) in [5.74, 6) is 1.25. The highest BCUT2D eigenvalue weighted by molar-refractivity contribution is 5.81. The van der Waals surface area contributed by atoms with Crippen LogP contribution in [-0.2, 0) is 20.9 Å². The smallest absolute Gasteiger partial charge is 0.309 e. The van der Waals surface area contributed by atoms with E-state index in [9.17, 15) is 9.59 Å². The molecule has 2 heterocycles. The number of aromatic nitrogens is 2. The minimum atomic E-state index is -0.398. The fraction of sp³-hybridized carbons (Fsp3) is 0.455. The number of methoxy groups -OCH3 is 3. The monoisotopic (exact) mass is 444 g/mol. The molecule has 1 aromatic carbocycles. The summed E-state index contributed by atoms with van der Waals surface area (Å²) in [6, 6.07) is 5.18. The summed E-state index contributed by atoms with van der Waals surface area (Å²) in [5.41, 5.74) is 0.709. The van der Waals surface area contributed by atoms with Gasteiger partial charge in [-0.1, -0.05) is 0 Å². The van der Waals surface area contributed by atoms with Crippen LogP contribution in [0.4, 0.5) is 5.95 Å². The summed E-state index contributed by atoms with van der Waals surface area (Å²) in [6.07, 6.45) is 4.64. The molecule has 1 amide bonds. The molecule has 10 heteroatoms. The number of piperidine rings is 1. The highest BCUT2D eigenvalue weighted by Gasteiger charge is 2.27. The van der Waals surface area contributed by atoms with Gasteiger partial charge in [-0.25, -0.2) is 9.97 Å². The van der Waals surface area contributed by atoms with Crippen molar-refractivity contribution in [1.29, 1.82) is 0 Å². The van der Waals surface area contributed by atoms with E-state index in [2.05, 4.69) is 15.3 Å². The van der Waals surface area contributed by atoms with Crippen LogP contribution in [0.2, 0.25) is 0 Å². The van der Waals surface area contributed by atoms with E-state index in [1.54, 1.807) is 30.6 Å². The predicted molar refractivity (Wildman–Crippen MR) is 116 cm³/mol. The highest BCUT2D eigenvalue weighted by atomic mass is 16.5. The molecule has 32 heavy (non-hydrogen) atoms. The van der Waals surface area contributed by atoms with Gasteiger partial charge >= 0.3 is 5.97 Å². The van der Waals surface area contributed by atoms with Gasteiger partial charge in [0.25, 0.3) is 5.91 Å². The lowest BCUT2D eigenvalue weighted by molar-refractivity contribution is -0.153. The average molecular weight is 444 g/mol. The van der Waals surface area contributed by atoms with Crippen LogP contribution in [0.15, 0.2) is 30.6 Å². The lowest BCUT2D eigenvalue weighted by Gasteiger charge is -2.30. The second kappa shape index (κ2) is 11.2. The van der Waals surface area contributed by atoms with E-state index in [4.69, 9.17) is 18.9 Å². The van der Waals surface area contributed by atoms with E-state index in [1.165, 1.54) is 21.3 Å². The van der Waals surface area contributed by atoms with Crippen molar-refractivity contribution < 1.29 is 28.5 Å². The molecule has 0 spiro atoms. The summed E-state index contributed by atoms with van der Waals surface area (Å²) >= 11 is 0. The Bertz CT molecular complexity index is 916. The van der Waals surface area contributed by atoms with Gasteiger partial charge in [0, 0.05) is 43.7 Å². The van der Waals surface area contributed by atoms with Crippen LogP contribution < -0.4 is 24.4 Å². The zero-order valence-corrected chi connectivity index (χ0v) is 18.5. The summed E-state index contributed by atoms with van der Waals surface area (Å²) in [6.45, 7) is 1.18.